The zero-order valence-corrected chi connectivity index (χ0v) is 13.2. The van der Waals surface area contributed by atoms with E-state index in [0.717, 1.165) is 16.4 Å². The molecule has 2 N–H and O–H groups in total. The normalized spacial score (nSPS) is 20.7. The number of nitrogens with one attached hydrogen (secondary N) is 2. The van der Waals surface area contributed by atoms with Gasteiger partial charge >= 0.3 is 0 Å². The highest BCUT2D eigenvalue weighted by atomic mass is 127. The van der Waals surface area contributed by atoms with E-state index in [2.05, 4.69) is 32.6 Å². The molecule has 0 spiro atoms. The third-order valence-corrected chi connectivity index (χ3v) is 5.16. The number of hydrogen-bond donors (Lipinski definition) is 2. The molecule has 1 fully saturated rings. The average molecular weight is 394 g/mol. The first-order chi connectivity index (χ1) is 8.99. The highest BCUT2D eigenvalue weighted by Crippen LogP contribution is 2.14. The summed E-state index contributed by atoms with van der Waals surface area (Å²) in [5.74, 6) is -0.244. The standard InChI is InChI=1S/C12H15IN2O3S/c13-9-4-6-10(7-5-9)19(17,18)15-11-3-1-2-8-14-12(11)16/h4-7,11,15H,1-3,8H2,(H,14,16). The Morgan fingerprint density at radius 3 is 2.58 bits per heavy atom. The predicted molar refractivity (Wildman–Crippen MR) is 80.1 cm³/mol. The maximum atomic E-state index is 12.2. The Kier molecular flexibility index (Phi) is 4.80. The van der Waals surface area contributed by atoms with Gasteiger partial charge in [-0.15, -0.1) is 0 Å². The van der Waals surface area contributed by atoms with Gasteiger partial charge < -0.3 is 5.32 Å². The Hall–Kier alpha value is -0.670. The Bertz CT molecular complexity index is 557. The van der Waals surface area contributed by atoms with Crippen LogP contribution in [0.15, 0.2) is 29.2 Å². The molecule has 0 aromatic heterocycles. The van der Waals surface area contributed by atoms with Crippen LogP contribution in [0.1, 0.15) is 19.3 Å². The van der Waals surface area contributed by atoms with Crippen LogP contribution in [0.5, 0.6) is 0 Å². The number of benzene rings is 1. The van der Waals surface area contributed by atoms with Crippen molar-refractivity contribution in [2.75, 3.05) is 6.54 Å². The highest BCUT2D eigenvalue weighted by Gasteiger charge is 2.26. The fourth-order valence-corrected chi connectivity index (χ4v) is 3.51. The molecule has 19 heavy (non-hydrogen) atoms. The van der Waals surface area contributed by atoms with Crippen LogP contribution < -0.4 is 10.0 Å². The molecule has 0 bridgehead atoms. The summed E-state index contributed by atoms with van der Waals surface area (Å²) in [5, 5.41) is 2.71. The summed E-state index contributed by atoms with van der Waals surface area (Å²) in [4.78, 5) is 11.9. The number of hydrogen-bond acceptors (Lipinski definition) is 3. The van der Waals surface area contributed by atoms with Gasteiger partial charge in [-0.25, -0.2) is 8.42 Å². The number of halogens is 1. The van der Waals surface area contributed by atoms with E-state index in [1.165, 1.54) is 0 Å². The smallest absolute Gasteiger partial charge is 0.241 e. The van der Waals surface area contributed by atoms with Crippen LogP contribution in [-0.4, -0.2) is 26.9 Å². The quantitative estimate of drug-likeness (QED) is 0.758. The van der Waals surface area contributed by atoms with Crippen molar-refractivity contribution in [1.82, 2.24) is 10.0 Å². The third-order valence-electron chi connectivity index (χ3n) is 2.96. The third kappa shape index (κ3) is 3.90. The second-order valence-corrected chi connectivity index (χ2v) is 7.37. The molecule has 1 atom stereocenters. The predicted octanol–water partition coefficient (Wildman–Crippen LogP) is 1.24. The zero-order chi connectivity index (χ0) is 13.9. The van der Waals surface area contributed by atoms with Crippen molar-refractivity contribution in [2.45, 2.75) is 30.2 Å². The summed E-state index contributed by atoms with van der Waals surface area (Å²) in [5.41, 5.74) is 0. The van der Waals surface area contributed by atoms with E-state index in [1.807, 2.05) is 0 Å². The maximum Gasteiger partial charge on any atom is 0.241 e. The number of carbonyl (C=O) groups excluding carboxylic acids is 1. The lowest BCUT2D eigenvalue weighted by molar-refractivity contribution is -0.122. The van der Waals surface area contributed by atoms with Crippen LogP contribution in [0.3, 0.4) is 0 Å². The molecule has 1 amide bonds. The molecule has 1 aromatic carbocycles. The van der Waals surface area contributed by atoms with Crippen LogP contribution in [0.25, 0.3) is 0 Å². The van der Waals surface area contributed by atoms with Crippen LogP contribution in [0, 0.1) is 3.57 Å². The van der Waals surface area contributed by atoms with Crippen molar-refractivity contribution in [3.8, 4) is 0 Å². The molecule has 0 radical (unpaired) electrons. The van der Waals surface area contributed by atoms with Gasteiger partial charge in [0.15, 0.2) is 0 Å². The molecule has 1 heterocycles. The average Bonchev–Trinajstić information content (AvgIpc) is 2.55. The van der Waals surface area contributed by atoms with Crippen LogP contribution in [0.4, 0.5) is 0 Å². The summed E-state index contributed by atoms with van der Waals surface area (Å²) in [6.07, 6.45) is 2.25. The van der Waals surface area contributed by atoms with E-state index in [1.54, 1.807) is 24.3 Å². The molecular formula is C12H15IN2O3S. The summed E-state index contributed by atoms with van der Waals surface area (Å²) >= 11 is 2.11. The maximum absolute atomic E-state index is 12.2. The van der Waals surface area contributed by atoms with Crippen molar-refractivity contribution in [2.24, 2.45) is 0 Å². The topological polar surface area (TPSA) is 75.3 Å². The van der Waals surface area contributed by atoms with Crippen molar-refractivity contribution in [3.05, 3.63) is 27.8 Å². The monoisotopic (exact) mass is 394 g/mol. The second-order valence-electron chi connectivity index (χ2n) is 4.41. The van der Waals surface area contributed by atoms with E-state index in [-0.39, 0.29) is 10.8 Å². The fourth-order valence-electron chi connectivity index (χ4n) is 1.92. The summed E-state index contributed by atoms with van der Waals surface area (Å²) in [7, 11) is -3.64. The second kappa shape index (κ2) is 6.19. The van der Waals surface area contributed by atoms with Gasteiger partial charge in [0, 0.05) is 10.1 Å². The first-order valence-electron chi connectivity index (χ1n) is 6.05. The summed E-state index contributed by atoms with van der Waals surface area (Å²) in [6.45, 7) is 0.612. The molecule has 0 aliphatic carbocycles. The molecule has 7 heteroatoms. The Morgan fingerprint density at radius 1 is 1.21 bits per heavy atom. The van der Waals surface area contributed by atoms with E-state index in [4.69, 9.17) is 0 Å². The minimum atomic E-state index is -3.64. The van der Waals surface area contributed by atoms with Crippen molar-refractivity contribution >= 4 is 38.5 Å². The van der Waals surface area contributed by atoms with Crippen LogP contribution >= 0.6 is 22.6 Å². The number of sulfonamides is 1. The van der Waals surface area contributed by atoms with Gasteiger partial charge in [-0.3, -0.25) is 4.79 Å². The largest absolute Gasteiger partial charge is 0.355 e. The Morgan fingerprint density at radius 2 is 1.89 bits per heavy atom. The minimum absolute atomic E-state index is 0.185. The molecule has 0 saturated carbocycles. The molecule has 1 unspecified atom stereocenters. The molecule has 1 aliphatic rings. The lowest BCUT2D eigenvalue weighted by Gasteiger charge is -2.15. The lowest BCUT2D eigenvalue weighted by Crippen LogP contribution is -2.45. The van der Waals surface area contributed by atoms with E-state index in [9.17, 15) is 13.2 Å². The fraction of sp³-hybridized carbons (Fsp3) is 0.417. The van der Waals surface area contributed by atoms with E-state index >= 15 is 0 Å². The SMILES string of the molecule is O=C1NCCCCC1NS(=O)(=O)c1ccc(I)cc1. The first-order valence-corrected chi connectivity index (χ1v) is 8.61. The van der Waals surface area contributed by atoms with Gasteiger partial charge in [0.2, 0.25) is 15.9 Å². The van der Waals surface area contributed by atoms with Crippen molar-refractivity contribution in [3.63, 3.8) is 0 Å². The molecule has 1 saturated heterocycles. The Labute approximate surface area is 126 Å². The summed E-state index contributed by atoms with van der Waals surface area (Å²) < 4.78 is 27.8. The van der Waals surface area contributed by atoms with Gasteiger partial charge in [-0.2, -0.15) is 4.72 Å². The highest BCUT2D eigenvalue weighted by molar-refractivity contribution is 14.1. The molecule has 104 valence electrons. The molecule has 1 aromatic rings. The van der Waals surface area contributed by atoms with E-state index < -0.39 is 16.1 Å². The molecule has 2 rings (SSSR count). The van der Waals surface area contributed by atoms with Crippen molar-refractivity contribution < 1.29 is 13.2 Å². The van der Waals surface area contributed by atoms with Crippen LogP contribution in [0.2, 0.25) is 0 Å². The summed E-state index contributed by atoms with van der Waals surface area (Å²) in [6, 6.07) is 5.86. The lowest BCUT2D eigenvalue weighted by atomic mass is 10.1. The molecule has 1 aliphatic heterocycles. The molecular weight excluding hydrogens is 379 g/mol. The minimum Gasteiger partial charge on any atom is -0.355 e. The van der Waals surface area contributed by atoms with Gasteiger partial charge in [-0.05, 0) is 66.1 Å². The number of carbonyl (C=O) groups is 1. The van der Waals surface area contributed by atoms with Gasteiger partial charge in [0.05, 0.1) is 4.90 Å². The number of rotatable bonds is 3. The Balaban J connectivity index is 2.16. The van der Waals surface area contributed by atoms with Gasteiger partial charge in [0.1, 0.15) is 6.04 Å². The first kappa shape index (κ1) is 14.7. The zero-order valence-electron chi connectivity index (χ0n) is 10.2. The van der Waals surface area contributed by atoms with Crippen molar-refractivity contribution in [1.29, 1.82) is 0 Å². The van der Waals surface area contributed by atoms with Crippen LogP contribution in [-0.2, 0) is 14.8 Å². The van der Waals surface area contributed by atoms with Gasteiger partial charge in [0.25, 0.3) is 0 Å². The van der Waals surface area contributed by atoms with E-state index in [0.29, 0.717) is 13.0 Å². The van der Waals surface area contributed by atoms with Gasteiger partial charge in [-0.1, -0.05) is 0 Å². The molecule has 5 nitrogen and oxygen atoms in total. The number of amides is 1.